The molecule has 1 aromatic carbocycles. The molecule has 1 aromatic heterocycles. The Morgan fingerprint density at radius 2 is 2.04 bits per heavy atom. The van der Waals surface area contributed by atoms with Gasteiger partial charge in [0.1, 0.15) is 5.82 Å². The highest BCUT2D eigenvalue weighted by Crippen LogP contribution is 2.38. The number of likely N-dealkylation sites (N-methyl/N-ethyl adjacent to an activating group) is 1. The topological polar surface area (TPSA) is 45.6 Å². The number of carbonyl (C=O) groups excluding carboxylic acids is 1. The Hall–Kier alpha value is -2.18. The Labute approximate surface area is 154 Å². The van der Waals surface area contributed by atoms with Gasteiger partial charge in [0.15, 0.2) is 5.17 Å². The minimum atomic E-state index is -0.309. The monoisotopic (exact) mass is 375 g/mol. The van der Waals surface area contributed by atoms with Crippen molar-refractivity contribution in [2.75, 3.05) is 6.54 Å². The highest BCUT2D eigenvalue weighted by atomic mass is 35.5. The Bertz CT molecular complexity index is 880. The van der Waals surface area contributed by atoms with Gasteiger partial charge in [-0.3, -0.25) is 14.7 Å². The first-order valence-corrected chi connectivity index (χ1v) is 8.85. The number of aliphatic imine (C=N–C) groups is 1. The molecule has 0 N–H and O–H groups in total. The van der Waals surface area contributed by atoms with Crippen molar-refractivity contribution in [2.24, 2.45) is 4.99 Å². The van der Waals surface area contributed by atoms with Crippen molar-refractivity contribution in [2.45, 2.75) is 13.8 Å². The first kappa shape index (κ1) is 17.6. The van der Waals surface area contributed by atoms with Gasteiger partial charge in [0.25, 0.3) is 5.91 Å². The van der Waals surface area contributed by atoms with E-state index in [0.717, 1.165) is 11.1 Å². The van der Waals surface area contributed by atoms with Crippen molar-refractivity contribution in [3.05, 3.63) is 64.0 Å². The summed E-state index contributed by atoms with van der Waals surface area (Å²) in [5, 5.41) is 0.990. The number of pyridine rings is 1. The zero-order valence-corrected chi connectivity index (χ0v) is 15.2. The molecule has 0 atom stereocenters. The Morgan fingerprint density at radius 3 is 2.68 bits per heavy atom. The molecule has 3 rings (SSSR count). The lowest BCUT2D eigenvalue weighted by atomic mass is 10.1. The van der Waals surface area contributed by atoms with Crippen LogP contribution in [0, 0.1) is 5.82 Å². The SMILES string of the molecule is CCN1C(=O)/C(=C(\C)c2ccc(F)cc2)SC1=Nc1ccncc1Cl. The standard InChI is InChI=1S/C18H15ClFN3OS/c1-3-23-17(24)16(11(2)12-4-6-13(20)7-5-12)25-18(23)22-15-8-9-21-10-14(15)19/h4-10H,3H2,1-2H3/b16-11-,22-18?. The van der Waals surface area contributed by atoms with E-state index < -0.39 is 0 Å². The smallest absolute Gasteiger partial charge is 0.267 e. The van der Waals surface area contributed by atoms with Crippen LogP contribution in [0.15, 0.2) is 52.6 Å². The van der Waals surface area contributed by atoms with E-state index in [0.29, 0.717) is 27.3 Å². The molecule has 0 spiro atoms. The van der Waals surface area contributed by atoms with Gasteiger partial charge < -0.3 is 0 Å². The first-order valence-electron chi connectivity index (χ1n) is 7.66. The summed E-state index contributed by atoms with van der Waals surface area (Å²) in [5.41, 5.74) is 2.15. The molecule has 0 unspecified atom stereocenters. The van der Waals surface area contributed by atoms with Crippen LogP contribution >= 0.6 is 23.4 Å². The number of amides is 1. The van der Waals surface area contributed by atoms with Crippen LogP contribution < -0.4 is 0 Å². The minimum absolute atomic E-state index is 0.113. The second-order valence-electron chi connectivity index (χ2n) is 5.33. The molecule has 1 aliphatic heterocycles. The number of amidine groups is 1. The maximum absolute atomic E-state index is 13.1. The molecule has 1 amide bonds. The third-order valence-electron chi connectivity index (χ3n) is 3.76. The van der Waals surface area contributed by atoms with Crippen LogP contribution in [0.5, 0.6) is 0 Å². The predicted octanol–water partition coefficient (Wildman–Crippen LogP) is 4.89. The molecule has 25 heavy (non-hydrogen) atoms. The quantitative estimate of drug-likeness (QED) is 0.717. The number of aromatic nitrogens is 1. The molecule has 1 fully saturated rings. The van der Waals surface area contributed by atoms with Crippen molar-refractivity contribution >= 4 is 45.7 Å². The maximum Gasteiger partial charge on any atom is 0.267 e. The number of nitrogens with zero attached hydrogens (tertiary/aromatic N) is 3. The fraction of sp³-hybridized carbons (Fsp3) is 0.167. The zero-order valence-electron chi connectivity index (χ0n) is 13.7. The van der Waals surface area contributed by atoms with E-state index in [1.165, 1.54) is 30.1 Å². The largest absolute Gasteiger partial charge is 0.287 e. The molecule has 0 aliphatic carbocycles. The molecule has 4 nitrogen and oxygen atoms in total. The number of hydrogen-bond acceptors (Lipinski definition) is 4. The number of carbonyl (C=O) groups is 1. The summed E-state index contributed by atoms with van der Waals surface area (Å²) >= 11 is 7.41. The number of allylic oxidation sites excluding steroid dienone is 1. The van der Waals surface area contributed by atoms with E-state index in [4.69, 9.17) is 11.6 Å². The molecule has 1 saturated heterocycles. The maximum atomic E-state index is 13.1. The molecule has 7 heteroatoms. The Balaban J connectivity index is 2.01. The number of rotatable bonds is 3. The summed E-state index contributed by atoms with van der Waals surface area (Å²) in [7, 11) is 0. The average molecular weight is 376 g/mol. The van der Waals surface area contributed by atoms with E-state index in [1.807, 2.05) is 13.8 Å². The molecular formula is C18H15ClFN3OS. The Morgan fingerprint density at radius 1 is 1.32 bits per heavy atom. The van der Waals surface area contributed by atoms with Crippen molar-refractivity contribution in [1.82, 2.24) is 9.88 Å². The second-order valence-corrected chi connectivity index (χ2v) is 6.72. The van der Waals surface area contributed by atoms with Gasteiger partial charge in [-0.15, -0.1) is 0 Å². The summed E-state index contributed by atoms with van der Waals surface area (Å²) in [6.07, 6.45) is 3.11. The van der Waals surface area contributed by atoms with Gasteiger partial charge in [-0.05, 0) is 54.9 Å². The van der Waals surface area contributed by atoms with Gasteiger partial charge in [0, 0.05) is 18.9 Å². The highest BCUT2D eigenvalue weighted by Gasteiger charge is 2.34. The molecule has 2 heterocycles. The number of thioether (sulfide) groups is 1. The van der Waals surface area contributed by atoms with Crippen LogP contribution in [-0.4, -0.2) is 27.5 Å². The second kappa shape index (κ2) is 7.37. The Kier molecular flexibility index (Phi) is 5.20. The highest BCUT2D eigenvalue weighted by molar-refractivity contribution is 8.18. The number of benzene rings is 1. The minimum Gasteiger partial charge on any atom is -0.287 e. The van der Waals surface area contributed by atoms with Crippen molar-refractivity contribution in [1.29, 1.82) is 0 Å². The lowest BCUT2D eigenvalue weighted by Crippen LogP contribution is -2.28. The van der Waals surface area contributed by atoms with Gasteiger partial charge in [-0.25, -0.2) is 9.38 Å². The van der Waals surface area contributed by atoms with E-state index in [1.54, 1.807) is 29.3 Å². The van der Waals surface area contributed by atoms with E-state index in [9.17, 15) is 9.18 Å². The molecule has 1 aliphatic rings. The number of hydrogen-bond donors (Lipinski definition) is 0. The van der Waals surface area contributed by atoms with Crippen molar-refractivity contribution in [3.8, 4) is 0 Å². The summed E-state index contributed by atoms with van der Waals surface area (Å²) in [6, 6.07) is 7.79. The summed E-state index contributed by atoms with van der Waals surface area (Å²) < 4.78 is 13.1. The third kappa shape index (κ3) is 3.60. The van der Waals surface area contributed by atoms with Gasteiger partial charge in [0.2, 0.25) is 0 Å². The predicted molar refractivity (Wildman–Crippen MR) is 100 cm³/mol. The van der Waals surface area contributed by atoms with Crippen LogP contribution in [0.3, 0.4) is 0 Å². The van der Waals surface area contributed by atoms with Crippen LogP contribution in [-0.2, 0) is 4.79 Å². The molecule has 128 valence electrons. The van der Waals surface area contributed by atoms with Gasteiger partial charge in [-0.2, -0.15) is 0 Å². The van der Waals surface area contributed by atoms with Crippen LogP contribution in [0.1, 0.15) is 19.4 Å². The van der Waals surface area contributed by atoms with Gasteiger partial charge in [-0.1, -0.05) is 23.7 Å². The normalized spacial score (nSPS) is 18.2. The van der Waals surface area contributed by atoms with E-state index >= 15 is 0 Å². The molecule has 0 radical (unpaired) electrons. The third-order valence-corrected chi connectivity index (χ3v) is 5.24. The van der Waals surface area contributed by atoms with Gasteiger partial charge in [0.05, 0.1) is 15.6 Å². The van der Waals surface area contributed by atoms with Crippen LogP contribution in [0.2, 0.25) is 5.02 Å². The summed E-state index contributed by atoms with van der Waals surface area (Å²) in [6.45, 7) is 4.23. The van der Waals surface area contributed by atoms with E-state index in [2.05, 4.69) is 9.98 Å². The fourth-order valence-electron chi connectivity index (χ4n) is 2.39. The van der Waals surface area contributed by atoms with Crippen LogP contribution in [0.4, 0.5) is 10.1 Å². The lowest BCUT2D eigenvalue weighted by molar-refractivity contribution is -0.122. The molecule has 2 aromatic rings. The van der Waals surface area contributed by atoms with Crippen LogP contribution in [0.25, 0.3) is 5.57 Å². The average Bonchev–Trinajstić information content (AvgIpc) is 2.92. The van der Waals surface area contributed by atoms with Gasteiger partial charge >= 0.3 is 0 Å². The molecule has 0 saturated carbocycles. The molecular weight excluding hydrogens is 361 g/mol. The van der Waals surface area contributed by atoms with Crippen molar-refractivity contribution in [3.63, 3.8) is 0 Å². The lowest BCUT2D eigenvalue weighted by Gasteiger charge is -2.12. The summed E-state index contributed by atoms with van der Waals surface area (Å²) in [5.74, 6) is -0.421. The zero-order chi connectivity index (χ0) is 18.0. The number of halogens is 2. The fourth-order valence-corrected chi connectivity index (χ4v) is 3.67. The van der Waals surface area contributed by atoms with E-state index in [-0.39, 0.29) is 11.7 Å². The first-order chi connectivity index (χ1) is 12.0. The summed E-state index contributed by atoms with van der Waals surface area (Å²) in [4.78, 5) is 23.4. The van der Waals surface area contributed by atoms with Crippen molar-refractivity contribution < 1.29 is 9.18 Å². The molecule has 0 bridgehead atoms.